The molecule has 0 amide bonds. The van der Waals surface area contributed by atoms with E-state index in [1.165, 1.54) is 0 Å². The maximum Gasteiger partial charge on any atom is 0.161 e. The number of benzene rings is 1. The first-order chi connectivity index (χ1) is 7.26. The first-order valence-electron chi connectivity index (χ1n) is 4.42. The fourth-order valence-corrected chi connectivity index (χ4v) is 1.26. The Balaban J connectivity index is 3.13. The Morgan fingerprint density at radius 3 is 2.40 bits per heavy atom. The van der Waals surface area contributed by atoms with E-state index in [0.717, 1.165) is 5.56 Å². The Kier molecular flexibility index (Phi) is 3.93. The number of nitrogens with one attached hydrogen (secondary N) is 1. The Bertz CT molecular complexity index is 364. The number of nitrogens with zero attached hydrogens (tertiary/aromatic N) is 1. The van der Waals surface area contributed by atoms with Gasteiger partial charge < -0.3 is 14.9 Å². The fourth-order valence-electron chi connectivity index (χ4n) is 1.26. The summed E-state index contributed by atoms with van der Waals surface area (Å²) in [7, 11) is 4.83. The molecule has 1 aromatic rings. The lowest BCUT2D eigenvalue weighted by Crippen LogP contribution is -2.30. The maximum absolute atomic E-state index is 5.32. The van der Waals surface area contributed by atoms with Gasteiger partial charge in [0.25, 0.3) is 0 Å². The van der Waals surface area contributed by atoms with Crippen LogP contribution in [0.4, 0.5) is 0 Å². The van der Waals surface area contributed by atoms with E-state index in [1.54, 1.807) is 33.4 Å². The van der Waals surface area contributed by atoms with Gasteiger partial charge in [-0.3, -0.25) is 4.99 Å². The Morgan fingerprint density at radius 1 is 1.27 bits per heavy atom. The number of aliphatic imine (C=N–C) groups is 1. The number of hydrazine groups is 1. The summed E-state index contributed by atoms with van der Waals surface area (Å²) in [6.07, 6.45) is 0. The highest BCUT2D eigenvalue weighted by molar-refractivity contribution is 5.98. The minimum Gasteiger partial charge on any atom is -0.493 e. The molecule has 0 saturated carbocycles. The molecule has 5 heteroatoms. The highest BCUT2D eigenvalue weighted by atomic mass is 16.5. The predicted molar refractivity (Wildman–Crippen MR) is 59.3 cm³/mol. The standard InChI is InChI=1S/C10H15N3O2/c1-12-10(13-11)7-4-5-8(14-2)9(6-7)15-3/h4-6H,11H2,1-3H3,(H,12,13). The Morgan fingerprint density at radius 2 is 1.93 bits per heavy atom. The van der Waals surface area contributed by atoms with Crippen LogP contribution in [0.3, 0.4) is 0 Å². The second kappa shape index (κ2) is 5.21. The van der Waals surface area contributed by atoms with Gasteiger partial charge in [-0.05, 0) is 18.2 Å². The summed E-state index contributed by atoms with van der Waals surface area (Å²) in [5, 5.41) is 0. The summed E-state index contributed by atoms with van der Waals surface area (Å²) in [4.78, 5) is 3.99. The van der Waals surface area contributed by atoms with E-state index in [0.29, 0.717) is 17.3 Å². The molecule has 0 fully saturated rings. The smallest absolute Gasteiger partial charge is 0.161 e. The van der Waals surface area contributed by atoms with E-state index in [-0.39, 0.29) is 0 Å². The van der Waals surface area contributed by atoms with Crippen molar-refractivity contribution in [1.29, 1.82) is 0 Å². The summed E-state index contributed by atoms with van der Waals surface area (Å²) in [5.74, 6) is 7.24. The topological polar surface area (TPSA) is 68.9 Å². The van der Waals surface area contributed by atoms with Crippen LogP contribution in [-0.2, 0) is 0 Å². The van der Waals surface area contributed by atoms with Gasteiger partial charge in [-0.1, -0.05) is 0 Å². The number of amidine groups is 1. The van der Waals surface area contributed by atoms with Gasteiger partial charge in [0.1, 0.15) is 5.84 Å². The number of methoxy groups -OCH3 is 2. The van der Waals surface area contributed by atoms with Crippen molar-refractivity contribution in [2.75, 3.05) is 21.3 Å². The van der Waals surface area contributed by atoms with Crippen molar-refractivity contribution in [2.24, 2.45) is 10.8 Å². The Labute approximate surface area is 88.9 Å². The number of hydrogen-bond donors (Lipinski definition) is 2. The molecule has 82 valence electrons. The average molecular weight is 209 g/mol. The third kappa shape index (κ3) is 2.38. The second-order valence-corrected chi connectivity index (χ2v) is 2.79. The average Bonchev–Trinajstić information content (AvgIpc) is 2.30. The van der Waals surface area contributed by atoms with E-state index in [1.807, 2.05) is 6.07 Å². The van der Waals surface area contributed by atoms with Crippen molar-refractivity contribution in [1.82, 2.24) is 5.43 Å². The highest BCUT2D eigenvalue weighted by Crippen LogP contribution is 2.27. The van der Waals surface area contributed by atoms with Gasteiger partial charge in [0.05, 0.1) is 14.2 Å². The molecule has 0 aromatic heterocycles. The molecule has 0 bridgehead atoms. The van der Waals surface area contributed by atoms with Crippen molar-refractivity contribution in [3.8, 4) is 11.5 Å². The molecule has 15 heavy (non-hydrogen) atoms. The van der Waals surface area contributed by atoms with Crippen LogP contribution in [0, 0.1) is 0 Å². The van der Waals surface area contributed by atoms with Gasteiger partial charge in [-0.25, -0.2) is 5.84 Å². The molecule has 0 atom stereocenters. The molecule has 1 aromatic carbocycles. The third-order valence-corrected chi connectivity index (χ3v) is 2.02. The number of rotatable bonds is 3. The van der Waals surface area contributed by atoms with Gasteiger partial charge in [-0.2, -0.15) is 0 Å². The number of ether oxygens (including phenoxy) is 2. The van der Waals surface area contributed by atoms with Crippen LogP contribution in [0.15, 0.2) is 23.2 Å². The van der Waals surface area contributed by atoms with E-state index < -0.39 is 0 Å². The van der Waals surface area contributed by atoms with Gasteiger partial charge in [0, 0.05) is 12.6 Å². The second-order valence-electron chi connectivity index (χ2n) is 2.79. The van der Waals surface area contributed by atoms with Crippen molar-refractivity contribution in [3.63, 3.8) is 0 Å². The molecule has 3 N–H and O–H groups in total. The van der Waals surface area contributed by atoms with Crippen LogP contribution in [0.2, 0.25) is 0 Å². The maximum atomic E-state index is 5.32. The van der Waals surface area contributed by atoms with Crippen LogP contribution in [0.5, 0.6) is 11.5 Å². The molecule has 0 spiro atoms. The summed E-state index contributed by atoms with van der Waals surface area (Å²) in [6, 6.07) is 5.46. The van der Waals surface area contributed by atoms with E-state index >= 15 is 0 Å². The largest absolute Gasteiger partial charge is 0.493 e. The van der Waals surface area contributed by atoms with Crippen LogP contribution >= 0.6 is 0 Å². The lowest BCUT2D eigenvalue weighted by Gasteiger charge is -2.10. The lowest BCUT2D eigenvalue weighted by atomic mass is 10.2. The molecule has 0 unspecified atom stereocenters. The molecule has 0 heterocycles. The van der Waals surface area contributed by atoms with Gasteiger partial charge in [0.2, 0.25) is 0 Å². The first kappa shape index (κ1) is 11.3. The summed E-state index contributed by atoms with van der Waals surface area (Å²) < 4.78 is 10.3. The molecule has 0 aliphatic carbocycles. The first-order valence-corrected chi connectivity index (χ1v) is 4.42. The molecular weight excluding hydrogens is 194 g/mol. The van der Waals surface area contributed by atoms with Gasteiger partial charge in [0.15, 0.2) is 11.5 Å². The summed E-state index contributed by atoms with van der Waals surface area (Å²) in [5.41, 5.74) is 3.36. The quantitative estimate of drug-likeness (QED) is 0.330. The van der Waals surface area contributed by atoms with Crippen molar-refractivity contribution in [2.45, 2.75) is 0 Å². The highest BCUT2D eigenvalue weighted by Gasteiger charge is 2.07. The molecular formula is C10H15N3O2. The minimum atomic E-state index is 0.593. The van der Waals surface area contributed by atoms with Crippen LogP contribution in [-0.4, -0.2) is 27.1 Å². The van der Waals surface area contributed by atoms with Gasteiger partial charge >= 0.3 is 0 Å². The van der Waals surface area contributed by atoms with Crippen molar-refractivity contribution >= 4 is 5.84 Å². The molecule has 5 nitrogen and oxygen atoms in total. The fraction of sp³-hybridized carbons (Fsp3) is 0.300. The van der Waals surface area contributed by atoms with E-state index in [2.05, 4.69) is 10.4 Å². The predicted octanol–water partition coefficient (Wildman–Crippen LogP) is 0.543. The zero-order chi connectivity index (χ0) is 11.3. The monoisotopic (exact) mass is 209 g/mol. The minimum absolute atomic E-state index is 0.593. The normalized spacial score (nSPS) is 11.1. The van der Waals surface area contributed by atoms with Gasteiger partial charge in [-0.15, -0.1) is 0 Å². The van der Waals surface area contributed by atoms with E-state index in [9.17, 15) is 0 Å². The van der Waals surface area contributed by atoms with Crippen molar-refractivity contribution in [3.05, 3.63) is 23.8 Å². The zero-order valence-corrected chi connectivity index (χ0v) is 9.07. The van der Waals surface area contributed by atoms with Crippen LogP contribution < -0.4 is 20.7 Å². The third-order valence-electron chi connectivity index (χ3n) is 2.02. The van der Waals surface area contributed by atoms with Crippen molar-refractivity contribution < 1.29 is 9.47 Å². The lowest BCUT2D eigenvalue weighted by molar-refractivity contribution is 0.355. The van der Waals surface area contributed by atoms with Crippen LogP contribution in [0.1, 0.15) is 5.56 Å². The SMILES string of the molecule is CN=C(NN)c1ccc(OC)c(OC)c1. The number of hydrogen-bond acceptors (Lipinski definition) is 4. The molecule has 0 aliphatic heterocycles. The molecule has 0 radical (unpaired) electrons. The molecule has 1 rings (SSSR count). The zero-order valence-electron chi connectivity index (χ0n) is 9.07. The summed E-state index contributed by atoms with van der Waals surface area (Å²) in [6.45, 7) is 0. The molecule has 0 saturated heterocycles. The molecule has 0 aliphatic rings. The number of nitrogens with two attached hydrogens (primary N) is 1. The van der Waals surface area contributed by atoms with E-state index in [4.69, 9.17) is 15.3 Å². The summed E-state index contributed by atoms with van der Waals surface area (Å²) >= 11 is 0. The Hall–Kier alpha value is -1.75. The van der Waals surface area contributed by atoms with Crippen LogP contribution in [0.25, 0.3) is 0 Å².